The summed E-state index contributed by atoms with van der Waals surface area (Å²) in [6.07, 6.45) is 11.8. The Hall–Kier alpha value is -1.84. The first kappa shape index (κ1) is 20.2. The number of hydrogen-bond acceptors (Lipinski definition) is 4. The van der Waals surface area contributed by atoms with E-state index in [1.54, 1.807) is 12.2 Å². The molecule has 134 valence electrons. The number of carbonyl (C=O) groups is 2. The zero-order valence-corrected chi connectivity index (χ0v) is 15.2. The maximum atomic E-state index is 12.3. The Kier molecular flexibility index (Phi) is 9.81. The lowest BCUT2D eigenvalue weighted by atomic mass is 10.1. The largest absolute Gasteiger partial charge is 0.462 e. The van der Waals surface area contributed by atoms with Crippen molar-refractivity contribution in [3.63, 3.8) is 0 Å². The number of allylic oxidation sites excluding steroid dienone is 4. The Morgan fingerprint density at radius 2 is 1.42 bits per heavy atom. The van der Waals surface area contributed by atoms with Crippen LogP contribution in [0.1, 0.15) is 65.7 Å². The normalized spacial score (nSPS) is 14.2. The van der Waals surface area contributed by atoms with Crippen LogP contribution in [0.5, 0.6) is 0 Å². The average molecular weight is 334 g/mol. The fourth-order valence-corrected chi connectivity index (χ4v) is 2.32. The van der Waals surface area contributed by atoms with E-state index in [1.807, 2.05) is 13.0 Å². The molecule has 0 N–H and O–H groups in total. The van der Waals surface area contributed by atoms with Gasteiger partial charge >= 0.3 is 11.9 Å². The summed E-state index contributed by atoms with van der Waals surface area (Å²) in [6.45, 7) is 6.92. The van der Waals surface area contributed by atoms with Crippen molar-refractivity contribution < 1.29 is 19.1 Å². The zero-order chi connectivity index (χ0) is 17.8. The van der Waals surface area contributed by atoms with Crippen LogP contribution >= 0.6 is 0 Å². The molecule has 0 aromatic heterocycles. The van der Waals surface area contributed by atoms with E-state index in [0.29, 0.717) is 30.8 Å². The summed E-state index contributed by atoms with van der Waals surface area (Å²) < 4.78 is 10.6. The molecule has 0 saturated heterocycles. The second kappa shape index (κ2) is 11.7. The smallest absolute Gasteiger partial charge is 0.338 e. The maximum absolute atomic E-state index is 12.3. The Labute approximate surface area is 145 Å². The van der Waals surface area contributed by atoms with Crippen LogP contribution in [0.25, 0.3) is 0 Å². The molecule has 0 unspecified atom stereocenters. The van der Waals surface area contributed by atoms with Gasteiger partial charge in [0.05, 0.1) is 24.4 Å². The van der Waals surface area contributed by atoms with E-state index in [4.69, 9.17) is 9.47 Å². The molecule has 0 heterocycles. The van der Waals surface area contributed by atoms with E-state index in [2.05, 4.69) is 13.8 Å². The molecule has 0 fully saturated rings. The summed E-state index contributed by atoms with van der Waals surface area (Å²) >= 11 is 0. The van der Waals surface area contributed by atoms with Gasteiger partial charge in [0, 0.05) is 0 Å². The fourth-order valence-electron chi connectivity index (χ4n) is 2.32. The van der Waals surface area contributed by atoms with Crippen molar-refractivity contribution in [2.45, 2.75) is 65.7 Å². The first-order chi connectivity index (χ1) is 11.6. The summed E-state index contributed by atoms with van der Waals surface area (Å²) in [5.74, 6) is -0.889. The topological polar surface area (TPSA) is 52.6 Å². The molecule has 0 atom stereocenters. The summed E-state index contributed by atoms with van der Waals surface area (Å²) in [6, 6.07) is 0. The first-order valence-corrected chi connectivity index (χ1v) is 9.02. The first-order valence-electron chi connectivity index (χ1n) is 9.02. The molecule has 24 heavy (non-hydrogen) atoms. The Balaban J connectivity index is 2.72. The van der Waals surface area contributed by atoms with Gasteiger partial charge in [-0.05, 0) is 32.3 Å². The lowest BCUT2D eigenvalue weighted by Crippen LogP contribution is -2.18. The Morgan fingerprint density at radius 3 is 1.96 bits per heavy atom. The number of rotatable bonds is 10. The average Bonchev–Trinajstić information content (AvgIpc) is 2.77. The van der Waals surface area contributed by atoms with Gasteiger partial charge in [0.15, 0.2) is 0 Å². The van der Waals surface area contributed by atoms with Crippen LogP contribution in [0.2, 0.25) is 0 Å². The Morgan fingerprint density at radius 1 is 0.875 bits per heavy atom. The van der Waals surface area contributed by atoms with E-state index < -0.39 is 11.9 Å². The minimum Gasteiger partial charge on any atom is -0.462 e. The molecular formula is C20H30O4. The van der Waals surface area contributed by atoms with Gasteiger partial charge in [0.2, 0.25) is 0 Å². The second-order valence-electron chi connectivity index (χ2n) is 6.10. The molecule has 1 aliphatic rings. The molecule has 0 amide bonds. The van der Waals surface area contributed by atoms with Gasteiger partial charge in [-0.3, -0.25) is 0 Å². The van der Waals surface area contributed by atoms with Gasteiger partial charge in [-0.15, -0.1) is 0 Å². The predicted molar refractivity (Wildman–Crippen MR) is 95.5 cm³/mol. The van der Waals surface area contributed by atoms with Crippen molar-refractivity contribution >= 4 is 11.9 Å². The van der Waals surface area contributed by atoms with Crippen LogP contribution in [-0.4, -0.2) is 25.2 Å². The van der Waals surface area contributed by atoms with Crippen LogP contribution in [-0.2, 0) is 19.1 Å². The minimum atomic E-state index is -0.450. The highest BCUT2D eigenvalue weighted by Crippen LogP contribution is 2.21. The number of ether oxygens (including phenoxy) is 2. The van der Waals surface area contributed by atoms with Crippen LogP contribution in [0.15, 0.2) is 34.9 Å². The molecule has 4 heteroatoms. The number of unbranched alkanes of at least 4 members (excludes halogenated alkanes) is 4. The Bertz CT molecular complexity index is 512. The molecule has 0 aliphatic heterocycles. The molecule has 0 spiro atoms. The highest BCUT2D eigenvalue weighted by atomic mass is 16.5. The quantitative estimate of drug-likeness (QED) is 0.431. The van der Waals surface area contributed by atoms with Crippen molar-refractivity contribution in [1.29, 1.82) is 0 Å². The SMILES string of the molecule is CCCCCOC(=O)C1=CC=C(C)CC=C1C(=O)OCCCCC. The maximum Gasteiger partial charge on any atom is 0.338 e. The third kappa shape index (κ3) is 7.16. The fraction of sp³-hybridized carbons (Fsp3) is 0.600. The molecule has 1 rings (SSSR count). The van der Waals surface area contributed by atoms with Crippen LogP contribution in [0.3, 0.4) is 0 Å². The van der Waals surface area contributed by atoms with Crippen LogP contribution in [0.4, 0.5) is 0 Å². The molecule has 0 bridgehead atoms. The third-order valence-electron chi connectivity index (χ3n) is 3.85. The molecule has 1 aliphatic carbocycles. The van der Waals surface area contributed by atoms with Crippen LogP contribution in [0, 0.1) is 0 Å². The second-order valence-corrected chi connectivity index (χ2v) is 6.10. The summed E-state index contributed by atoms with van der Waals surface area (Å²) in [7, 11) is 0. The molecular weight excluding hydrogens is 304 g/mol. The van der Waals surface area contributed by atoms with Crippen molar-refractivity contribution in [1.82, 2.24) is 0 Å². The number of carbonyl (C=O) groups excluding carboxylic acids is 2. The number of esters is 2. The predicted octanol–water partition coefficient (Wildman–Crippen LogP) is 4.66. The molecule has 0 aromatic carbocycles. The standard InChI is InChI=1S/C20H30O4/c1-4-6-8-14-23-19(21)17-12-10-16(3)11-13-18(17)20(22)24-15-9-7-5-2/h10,12-13H,4-9,11,14-15H2,1-3H3. The van der Waals surface area contributed by atoms with Crippen molar-refractivity contribution in [2.24, 2.45) is 0 Å². The molecule has 0 radical (unpaired) electrons. The van der Waals surface area contributed by atoms with Gasteiger partial charge in [-0.2, -0.15) is 0 Å². The summed E-state index contributed by atoms with van der Waals surface area (Å²) in [4.78, 5) is 24.7. The lowest BCUT2D eigenvalue weighted by Gasteiger charge is -2.11. The van der Waals surface area contributed by atoms with Gasteiger partial charge in [0.25, 0.3) is 0 Å². The van der Waals surface area contributed by atoms with E-state index in [-0.39, 0.29) is 0 Å². The van der Waals surface area contributed by atoms with Gasteiger partial charge in [0.1, 0.15) is 0 Å². The van der Waals surface area contributed by atoms with Crippen molar-refractivity contribution in [2.75, 3.05) is 13.2 Å². The molecule has 0 aromatic rings. The van der Waals surface area contributed by atoms with E-state index in [0.717, 1.165) is 44.1 Å². The van der Waals surface area contributed by atoms with Crippen molar-refractivity contribution in [3.8, 4) is 0 Å². The third-order valence-corrected chi connectivity index (χ3v) is 3.85. The molecule has 0 saturated carbocycles. The van der Waals surface area contributed by atoms with Crippen molar-refractivity contribution in [3.05, 3.63) is 34.9 Å². The summed E-state index contributed by atoms with van der Waals surface area (Å²) in [5, 5.41) is 0. The van der Waals surface area contributed by atoms with E-state index in [1.165, 1.54) is 0 Å². The van der Waals surface area contributed by atoms with Crippen LogP contribution < -0.4 is 0 Å². The zero-order valence-electron chi connectivity index (χ0n) is 15.2. The number of hydrogen-bond donors (Lipinski definition) is 0. The monoisotopic (exact) mass is 334 g/mol. The summed E-state index contributed by atoms with van der Waals surface area (Å²) in [5.41, 5.74) is 1.70. The molecule has 4 nitrogen and oxygen atoms in total. The van der Waals surface area contributed by atoms with Gasteiger partial charge in [-0.1, -0.05) is 57.3 Å². The van der Waals surface area contributed by atoms with E-state index in [9.17, 15) is 9.59 Å². The minimum absolute atomic E-state index is 0.295. The van der Waals surface area contributed by atoms with Gasteiger partial charge in [-0.25, -0.2) is 9.59 Å². The van der Waals surface area contributed by atoms with Gasteiger partial charge < -0.3 is 9.47 Å². The highest BCUT2D eigenvalue weighted by molar-refractivity contribution is 6.07. The highest BCUT2D eigenvalue weighted by Gasteiger charge is 2.23. The lowest BCUT2D eigenvalue weighted by molar-refractivity contribution is -0.142. The van der Waals surface area contributed by atoms with E-state index >= 15 is 0 Å².